The van der Waals surface area contributed by atoms with E-state index in [2.05, 4.69) is 20.7 Å². The molecular weight excluding hydrogens is 368 g/mol. The molecule has 0 heterocycles. The van der Waals surface area contributed by atoms with Crippen LogP contribution in [-0.4, -0.2) is 61.3 Å². The molecule has 10 nitrogen and oxygen atoms in total. The number of nitrogens with two attached hydrogens (primary N) is 1. The molecule has 0 fully saturated rings. The van der Waals surface area contributed by atoms with Crippen LogP contribution in [0.25, 0.3) is 0 Å². The lowest BCUT2D eigenvalue weighted by Crippen LogP contribution is -2.55. The van der Waals surface area contributed by atoms with Gasteiger partial charge in [-0.2, -0.15) is 0 Å². The van der Waals surface area contributed by atoms with Crippen LogP contribution in [0.3, 0.4) is 0 Å². The summed E-state index contributed by atoms with van der Waals surface area (Å²) in [6, 6.07) is -2.66. The highest BCUT2D eigenvalue weighted by Gasteiger charge is 2.27. The highest BCUT2D eigenvalue weighted by molar-refractivity contribution is 5.92. The van der Waals surface area contributed by atoms with E-state index in [1.807, 2.05) is 0 Å². The molecule has 3 atom stereocenters. The molecule has 0 saturated carbocycles. The highest BCUT2D eigenvalue weighted by Crippen LogP contribution is 2.07. The van der Waals surface area contributed by atoms with Gasteiger partial charge >= 0.3 is 12.1 Å². The standard InChI is InChI=1S/C18H34N4O6/c1-11(21-17(26)28-18(3,4)5)14(23)22-13(9-7-8-10-19)15(24)20-12(2)16(25)27-6/h11-13H,7-10,19H2,1-6H3,(H,20,24)(H,21,26)(H,22,23)/t11-,12-,13-/m0/s1. The number of unbranched alkanes of at least 4 members (excludes halogenated alkanes) is 1. The van der Waals surface area contributed by atoms with Crippen molar-refractivity contribution >= 4 is 23.9 Å². The first kappa shape index (κ1) is 25.6. The molecular formula is C18H34N4O6. The molecule has 0 aliphatic rings. The molecule has 0 unspecified atom stereocenters. The van der Waals surface area contributed by atoms with Gasteiger partial charge in [-0.15, -0.1) is 0 Å². The summed E-state index contributed by atoms with van der Waals surface area (Å²) in [5.74, 6) is -1.67. The van der Waals surface area contributed by atoms with Crippen molar-refractivity contribution in [1.82, 2.24) is 16.0 Å². The summed E-state index contributed by atoms with van der Waals surface area (Å²) in [4.78, 5) is 48.1. The molecule has 0 saturated heterocycles. The van der Waals surface area contributed by atoms with Crippen LogP contribution in [0.15, 0.2) is 0 Å². The largest absolute Gasteiger partial charge is 0.467 e. The van der Waals surface area contributed by atoms with Crippen LogP contribution in [0.5, 0.6) is 0 Å². The summed E-state index contributed by atoms with van der Waals surface area (Å²) in [5, 5.41) is 7.51. The van der Waals surface area contributed by atoms with Crippen molar-refractivity contribution in [1.29, 1.82) is 0 Å². The highest BCUT2D eigenvalue weighted by atomic mass is 16.6. The minimum absolute atomic E-state index is 0.335. The first-order valence-electron chi connectivity index (χ1n) is 9.29. The first-order chi connectivity index (χ1) is 12.9. The third kappa shape index (κ3) is 10.7. The van der Waals surface area contributed by atoms with E-state index in [1.54, 1.807) is 20.8 Å². The van der Waals surface area contributed by atoms with Gasteiger partial charge in [0, 0.05) is 0 Å². The van der Waals surface area contributed by atoms with Crippen molar-refractivity contribution in [3.8, 4) is 0 Å². The van der Waals surface area contributed by atoms with E-state index in [9.17, 15) is 19.2 Å². The second-order valence-electron chi connectivity index (χ2n) is 7.47. The van der Waals surface area contributed by atoms with Gasteiger partial charge in [-0.1, -0.05) is 0 Å². The smallest absolute Gasteiger partial charge is 0.408 e. The monoisotopic (exact) mass is 402 g/mol. The Bertz CT molecular complexity index is 547. The number of carbonyl (C=O) groups excluding carboxylic acids is 4. The number of carbonyl (C=O) groups is 4. The van der Waals surface area contributed by atoms with Crippen LogP contribution in [0.4, 0.5) is 4.79 Å². The van der Waals surface area contributed by atoms with E-state index in [0.29, 0.717) is 25.8 Å². The lowest BCUT2D eigenvalue weighted by molar-refractivity contribution is -0.144. The van der Waals surface area contributed by atoms with Gasteiger partial charge < -0.3 is 31.2 Å². The number of methoxy groups -OCH3 is 1. The van der Waals surface area contributed by atoms with Gasteiger partial charge in [-0.3, -0.25) is 9.59 Å². The normalized spacial score (nSPS) is 14.2. The molecule has 5 N–H and O–H groups in total. The van der Waals surface area contributed by atoms with Crippen LogP contribution in [0.1, 0.15) is 53.9 Å². The van der Waals surface area contributed by atoms with E-state index >= 15 is 0 Å². The lowest BCUT2D eigenvalue weighted by atomic mass is 10.1. The third-order valence-electron chi connectivity index (χ3n) is 3.62. The molecule has 0 aromatic carbocycles. The van der Waals surface area contributed by atoms with Gasteiger partial charge in [0.2, 0.25) is 11.8 Å². The minimum atomic E-state index is -0.919. The van der Waals surface area contributed by atoms with Crippen LogP contribution in [0, 0.1) is 0 Å². The van der Waals surface area contributed by atoms with Crippen LogP contribution >= 0.6 is 0 Å². The average Bonchev–Trinajstić information content (AvgIpc) is 2.57. The van der Waals surface area contributed by atoms with Gasteiger partial charge in [0.1, 0.15) is 23.7 Å². The van der Waals surface area contributed by atoms with E-state index in [4.69, 9.17) is 10.5 Å². The number of rotatable bonds is 10. The van der Waals surface area contributed by atoms with Gasteiger partial charge in [0.25, 0.3) is 0 Å². The molecule has 10 heteroatoms. The van der Waals surface area contributed by atoms with E-state index in [1.165, 1.54) is 21.0 Å². The minimum Gasteiger partial charge on any atom is -0.467 e. The molecule has 0 spiro atoms. The summed E-state index contributed by atoms with van der Waals surface area (Å²) in [6.07, 6.45) is 0.883. The Morgan fingerprint density at radius 3 is 2.04 bits per heavy atom. The fourth-order valence-corrected chi connectivity index (χ4v) is 2.16. The number of ether oxygens (including phenoxy) is 2. The Labute approximate surface area is 166 Å². The number of amides is 3. The van der Waals surface area contributed by atoms with Crippen molar-refractivity contribution in [2.24, 2.45) is 5.73 Å². The molecule has 0 rings (SSSR count). The number of hydrogen-bond acceptors (Lipinski definition) is 7. The molecule has 28 heavy (non-hydrogen) atoms. The molecule has 0 aromatic heterocycles. The number of alkyl carbamates (subject to hydrolysis) is 1. The predicted octanol–water partition coefficient (Wildman–Crippen LogP) is 0.191. The second-order valence-corrected chi connectivity index (χ2v) is 7.47. The molecule has 162 valence electrons. The summed E-state index contributed by atoms with van der Waals surface area (Å²) in [6.45, 7) is 8.53. The predicted molar refractivity (Wildman–Crippen MR) is 103 cm³/mol. The molecule has 0 aromatic rings. The molecule has 0 bridgehead atoms. The quantitative estimate of drug-likeness (QED) is 0.301. The van der Waals surface area contributed by atoms with Crippen LogP contribution < -0.4 is 21.7 Å². The summed E-state index contributed by atoms with van der Waals surface area (Å²) in [5.41, 5.74) is 4.77. The van der Waals surface area contributed by atoms with Crippen molar-refractivity contribution in [2.75, 3.05) is 13.7 Å². The van der Waals surface area contributed by atoms with Crippen molar-refractivity contribution in [3.05, 3.63) is 0 Å². The first-order valence-corrected chi connectivity index (χ1v) is 9.29. The topological polar surface area (TPSA) is 149 Å². The fourth-order valence-electron chi connectivity index (χ4n) is 2.16. The second kappa shape index (κ2) is 12.2. The average molecular weight is 402 g/mol. The Balaban J connectivity index is 4.91. The maximum Gasteiger partial charge on any atom is 0.408 e. The zero-order valence-corrected chi connectivity index (χ0v) is 17.6. The molecule has 3 amide bonds. The van der Waals surface area contributed by atoms with Crippen LogP contribution in [0.2, 0.25) is 0 Å². The maximum atomic E-state index is 12.5. The van der Waals surface area contributed by atoms with Crippen molar-refractivity contribution < 1.29 is 28.7 Å². The van der Waals surface area contributed by atoms with E-state index in [-0.39, 0.29) is 0 Å². The molecule has 0 aliphatic heterocycles. The Hall–Kier alpha value is -2.36. The summed E-state index contributed by atoms with van der Waals surface area (Å²) in [7, 11) is 1.22. The zero-order chi connectivity index (χ0) is 21.9. The van der Waals surface area contributed by atoms with Gasteiger partial charge in [-0.25, -0.2) is 9.59 Å². The van der Waals surface area contributed by atoms with Crippen LogP contribution in [-0.2, 0) is 23.9 Å². The number of esters is 1. The van der Waals surface area contributed by atoms with E-state index < -0.39 is 47.6 Å². The van der Waals surface area contributed by atoms with Gasteiger partial charge in [0.15, 0.2) is 0 Å². The summed E-state index contributed by atoms with van der Waals surface area (Å²) >= 11 is 0. The SMILES string of the molecule is COC(=O)[C@H](C)NC(=O)[C@H](CCCCN)NC(=O)[C@H](C)NC(=O)OC(C)(C)C. The van der Waals surface area contributed by atoms with Crippen molar-refractivity contribution in [2.45, 2.75) is 77.6 Å². The van der Waals surface area contributed by atoms with Crippen molar-refractivity contribution in [3.63, 3.8) is 0 Å². The zero-order valence-electron chi connectivity index (χ0n) is 17.6. The number of nitrogens with one attached hydrogen (secondary N) is 3. The Kier molecular flexibility index (Phi) is 11.1. The third-order valence-corrected chi connectivity index (χ3v) is 3.62. The maximum absolute atomic E-state index is 12.5. The number of hydrogen-bond donors (Lipinski definition) is 4. The summed E-state index contributed by atoms with van der Waals surface area (Å²) < 4.78 is 9.68. The van der Waals surface area contributed by atoms with Gasteiger partial charge in [0.05, 0.1) is 7.11 Å². The fraction of sp³-hybridized carbons (Fsp3) is 0.778. The lowest BCUT2D eigenvalue weighted by Gasteiger charge is -2.24. The molecule has 0 radical (unpaired) electrons. The van der Waals surface area contributed by atoms with Gasteiger partial charge in [-0.05, 0) is 60.4 Å². The molecule has 0 aliphatic carbocycles. The Morgan fingerprint density at radius 2 is 1.54 bits per heavy atom. The van der Waals surface area contributed by atoms with E-state index in [0.717, 1.165) is 0 Å². The Morgan fingerprint density at radius 1 is 0.929 bits per heavy atom.